The van der Waals surface area contributed by atoms with Gasteiger partial charge < -0.3 is 24.4 Å². The van der Waals surface area contributed by atoms with Crippen LogP contribution in [0.1, 0.15) is 56.2 Å². The normalized spacial score (nSPS) is 21.1. The van der Waals surface area contributed by atoms with Crippen LogP contribution in [0.4, 0.5) is 16.2 Å². The molecule has 1 saturated carbocycles. The number of amides is 2. The Kier molecular flexibility index (Phi) is 6.79. The van der Waals surface area contributed by atoms with Gasteiger partial charge in [-0.15, -0.1) is 16.9 Å². The molecule has 43 heavy (non-hydrogen) atoms. The number of aromatic nitrogens is 4. The van der Waals surface area contributed by atoms with Crippen LogP contribution in [0, 0.1) is 11.8 Å². The first-order valence-electron chi connectivity index (χ1n) is 16.2. The minimum atomic E-state index is -2.16. The second-order valence-corrected chi connectivity index (χ2v) is 13.0. The van der Waals surface area contributed by atoms with Crippen LogP contribution in [0.3, 0.4) is 0 Å². The molecule has 11 nitrogen and oxygen atoms in total. The predicted octanol–water partition coefficient (Wildman–Crippen LogP) is 4.29. The van der Waals surface area contributed by atoms with Gasteiger partial charge in [0.1, 0.15) is 17.8 Å². The Hall–Kier alpha value is -3.80. The van der Waals surface area contributed by atoms with Gasteiger partial charge in [-0.2, -0.15) is 9.50 Å². The number of anilines is 2. The van der Waals surface area contributed by atoms with Crippen molar-refractivity contribution in [3.8, 4) is 0 Å². The number of thioether (sulfide) groups is 1. The number of hydrogen-bond acceptors (Lipinski definition) is 8. The first kappa shape index (κ1) is 25.7. The van der Waals surface area contributed by atoms with E-state index in [0.717, 1.165) is 23.8 Å². The number of carbonyl (C=O) groups excluding carboxylic acids is 2. The molecule has 12 heteroatoms. The maximum absolute atomic E-state index is 14.1. The van der Waals surface area contributed by atoms with Gasteiger partial charge in [0.05, 0.1) is 5.69 Å². The van der Waals surface area contributed by atoms with Crippen molar-refractivity contribution in [2.24, 2.45) is 11.8 Å². The van der Waals surface area contributed by atoms with Crippen molar-refractivity contribution in [1.82, 2.24) is 24.1 Å². The fourth-order valence-electron chi connectivity index (χ4n) is 5.94. The molecular weight excluding hydrogens is 566 g/mol. The molecule has 0 radical (unpaired) electrons. The third-order valence-electron chi connectivity index (χ3n) is 8.13. The van der Waals surface area contributed by atoms with Crippen LogP contribution in [-0.4, -0.2) is 74.0 Å². The molecule has 1 aliphatic heterocycles. The maximum atomic E-state index is 14.1. The summed E-state index contributed by atoms with van der Waals surface area (Å²) >= 11 is 0.771. The average Bonchev–Trinajstić information content (AvgIpc) is 3.34. The molecular formula is C31H39N7O4S. The zero-order valence-electron chi connectivity index (χ0n) is 27.9. The highest BCUT2D eigenvalue weighted by Gasteiger charge is 2.42. The van der Waals surface area contributed by atoms with Gasteiger partial charge >= 0.3 is 6.09 Å². The van der Waals surface area contributed by atoms with Crippen molar-refractivity contribution in [3.63, 3.8) is 0 Å². The Morgan fingerprint density at radius 2 is 1.91 bits per heavy atom. The Bertz CT molecular complexity index is 1750. The third kappa shape index (κ3) is 6.02. The zero-order chi connectivity index (χ0) is 33.0. The molecule has 3 aromatic rings. The fourth-order valence-corrected chi connectivity index (χ4v) is 6.21. The summed E-state index contributed by atoms with van der Waals surface area (Å²) in [5.41, 5.74) is 1.73. The topological polar surface area (TPSA) is 114 Å². The molecule has 3 aliphatic rings. The number of ether oxygens (including phenoxy) is 1. The van der Waals surface area contributed by atoms with Crippen molar-refractivity contribution >= 4 is 46.5 Å². The second-order valence-electron chi connectivity index (χ2n) is 12.4. The van der Waals surface area contributed by atoms with E-state index < -0.39 is 11.8 Å². The van der Waals surface area contributed by atoms with Crippen molar-refractivity contribution < 1.29 is 18.4 Å². The van der Waals surface area contributed by atoms with E-state index in [0.29, 0.717) is 78.0 Å². The second kappa shape index (κ2) is 11.4. The van der Waals surface area contributed by atoms with Crippen molar-refractivity contribution in [2.75, 3.05) is 42.6 Å². The van der Waals surface area contributed by atoms with Crippen molar-refractivity contribution in [1.29, 1.82) is 0 Å². The van der Waals surface area contributed by atoms with E-state index in [2.05, 4.69) is 16.5 Å². The van der Waals surface area contributed by atoms with E-state index in [-0.39, 0.29) is 24.1 Å². The van der Waals surface area contributed by atoms with Crippen LogP contribution in [0.2, 0.25) is 0 Å². The molecule has 228 valence electrons. The molecule has 6 rings (SSSR count). The van der Waals surface area contributed by atoms with Gasteiger partial charge in [-0.25, -0.2) is 4.79 Å². The van der Waals surface area contributed by atoms with Crippen LogP contribution in [0.25, 0.3) is 11.4 Å². The molecule has 1 aromatic carbocycles. The number of benzene rings is 1. The number of hydrogen-bond donors (Lipinski definition) is 1. The lowest BCUT2D eigenvalue weighted by molar-refractivity contribution is -0.116. The quantitative estimate of drug-likeness (QED) is 0.395. The Balaban J connectivity index is 1.31. The number of allylic oxidation sites excluding steroid dienone is 2. The first-order valence-corrected chi connectivity index (χ1v) is 15.6. The van der Waals surface area contributed by atoms with Crippen molar-refractivity contribution in [3.05, 3.63) is 52.2 Å². The largest absolute Gasteiger partial charge is 0.444 e. The number of nitrogens with one attached hydrogen (secondary N) is 1. The molecule has 2 atom stereocenters. The molecule has 0 spiro atoms. The monoisotopic (exact) mass is 608 g/mol. The van der Waals surface area contributed by atoms with Crippen molar-refractivity contribution in [2.45, 2.75) is 64.0 Å². The lowest BCUT2D eigenvalue weighted by atomic mass is 10.2. The minimum absolute atomic E-state index is 0.119. The van der Waals surface area contributed by atoms with Gasteiger partial charge in [-0.05, 0) is 87.9 Å². The van der Waals surface area contributed by atoms with Gasteiger partial charge in [0.25, 0.3) is 5.56 Å². The summed E-state index contributed by atoms with van der Waals surface area (Å²) < 4.78 is 31.0. The Labute approximate surface area is 259 Å². The summed E-state index contributed by atoms with van der Waals surface area (Å²) in [6, 6.07) is 6.63. The van der Waals surface area contributed by atoms with Crippen LogP contribution >= 0.6 is 11.8 Å². The summed E-state index contributed by atoms with van der Waals surface area (Å²) in [5, 5.41) is 7.56. The standard InChI is InChI=1S/C31H39N7O4S/c1-6-24-26(35-11-13-36(14-12-35)30(41)42-31(2,3)4)28(40)38-29(33-27(34-38)21-16-19-15-20(19)17-21)37(24)18-25(39)32-22-7-9-23(43-5)10-8-22/h7-10,16,19-20H,6,11-15,17-18H2,1-5H3,(H,32,39)/i5D3. The molecule has 2 aromatic heterocycles. The van der Waals surface area contributed by atoms with Crippen LogP contribution in [0.5, 0.6) is 0 Å². The molecule has 2 amide bonds. The summed E-state index contributed by atoms with van der Waals surface area (Å²) in [6.45, 7) is 8.88. The number of rotatable bonds is 7. The summed E-state index contributed by atoms with van der Waals surface area (Å²) in [6.07, 6.45) is 2.17. The van der Waals surface area contributed by atoms with E-state index in [1.54, 1.807) is 33.7 Å². The van der Waals surface area contributed by atoms with E-state index in [1.807, 2.05) is 32.6 Å². The van der Waals surface area contributed by atoms with E-state index >= 15 is 0 Å². The number of piperazine rings is 1. The fraction of sp³-hybridized carbons (Fsp3) is 0.516. The number of nitrogens with zero attached hydrogens (tertiary/aromatic N) is 6. The molecule has 2 fully saturated rings. The Morgan fingerprint density at radius 3 is 2.53 bits per heavy atom. The highest BCUT2D eigenvalue weighted by atomic mass is 32.2. The minimum Gasteiger partial charge on any atom is -0.444 e. The summed E-state index contributed by atoms with van der Waals surface area (Å²) in [5.74, 6) is 1.66. The molecule has 2 unspecified atom stereocenters. The molecule has 3 heterocycles. The summed E-state index contributed by atoms with van der Waals surface area (Å²) in [7, 11) is 0. The number of fused-ring (bicyclic) bond motifs is 2. The van der Waals surface area contributed by atoms with Crippen LogP contribution in [0.15, 0.2) is 40.0 Å². The highest BCUT2D eigenvalue weighted by Crippen LogP contribution is 2.52. The molecule has 1 saturated heterocycles. The van der Waals surface area contributed by atoms with Gasteiger partial charge in [-0.3, -0.25) is 9.59 Å². The van der Waals surface area contributed by atoms with Crippen LogP contribution in [-0.2, 0) is 22.5 Å². The maximum Gasteiger partial charge on any atom is 0.410 e. The molecule has 0 bridgehead atoms. The lowest BCUT2D eigenvalue weighted by Gasteiger charge is -2.37. The predicted molar refractivity (Wildman–Crippen MR) is 168 cm³/mol. The van der Waals surface area contributed by atoms with Gasteiger partial charge in [0.2, 0.25) is 11.7 Å². The zero-order valence-corrected chi connectivity index (χ0v) is 25.7. The third-order valence-corrected chi connectivity index (χ3v) is 8.64. The van der Waals surface area contributed by atoms with E-state index in [1.165, 1.54) is 10.9 Å². The van der Waals surface area contributed by atoms with E-state index in [9.17, 15) is 14.4 Å². The molecule has 1 N–H and O–H groups in total. The van der Waals surface area contributed by atoms with E-state index in [4.69, 9.17) is 13.8 Å². The SMILES string of the molecule is [2H]C([2H])([2H])Sc1ccc(NC(=O)Cn2c(CC)c(N3CCN(C(=O)OC(C)(C)C)CC3)c(=O)n3nc(C4=CC5CC5C4)nc23)cc1. The smallest absolute Gasteiger partial charge is 0.410 e. The molecule has 2 aliphatic carbocycles. The van der Waals surface area contributed by atoms with Gasteiger partial charge in [0, 0.05) is 40.9 Å². The Morgan fingerprint density at radius 1 is 1.16 bits per heavy atom. The summed E-state index contributed by atoms with van der Waals surface area (Å²) in [4.78, 5) is 49.3. The van der Waals surface area contributed by atoms with Gasteiger partial charge in [0.15, 0.2) is 5.82 Å². The average molecular weight is 609 g/mol. The highest BCUT2D eigenvalue weighted by molar-refractivity contribution is 7.98. The number of carbonyl (C=O) groups is 2. The first-order chi connectivity index (χ1) is 21.7. The van der Waals surface area contributed by atoms with Crippen LogP contribution < -0.4 is 15.8 Å². The van der Waals surface area contributed by atoms with Gasteiger partial charge in [-0.1, -0.05) is 13.0 Å². The lowest BCUT2D eigenvalue weighted by Crippen LogP contribution is -2.51.